The number of ether oxygens (including phenoxy) is 1. The molecule has 0 bridgehead atoms. The minimum absolute atomic E-state index is 0.119. The molecule has 0 unspecified atom stereocenters. The summed E-state index contributed by atoms with van der Waals surface area (Å²) in [5, 5.41) is 4.17. The minimum Gasteiger partial charge on any atom is -0.368 e. The summed E-state index contributed by atoms with van der Waals surface area (Å²) in [6.45, 7) is 2.52. The Morgan fingerprint density at radius 1 is 1.29 bits per heavy atom. The van der Waals surface area contributed by atoms with E-state index in [2.05, 4.69) is 10.00 Å². The summed E-state index contributed by atoms with van der Waals surface area (Å²) in [7, 11) is 1.85. The van der Waals surface area contributed by atoms with Gasteiger partial charge in [-0.25, -0.2) is 0 Å². The summed E-state index contributed by atoms with van der Waals surface area (Å²) in [5.41, 5.74) is 0.853. The van der Waals surface area contributed by atoms with E-state index in [0.717, 1.165) is 37.9 Å². The van der Waals surface area contributed by atoms with Gasteiger partial charge in [-0.1, -0.05) is 0 Å². The van der Waals surface area contributed by atoms with E-state index >= 15 is 0 Å². The second-order valence-electron chi connectivity index (χ2n) is 7.05. The molecule has 24 heavy (non-hydrogen) atoms. The summed E-state index contributed by atoms with van der Waals surface area (Å²) in [5.74, 6) is 0.546. The second-order valence-corrected chi connectivity index (χ2v) is 7.05. The van der Waals surface area contributed by atoms with Crippen LogP contribution in [-0.4, -0.2) is 64.8 Å². The molecule has 4 rings (SSSR count). The van der Waals surface area contributed by atoms with E-state index in [0.29, 0.717) is 19.7 Å². The second kappa shape index (κ2) is 6.29. The Morgan fingerprint density at radius 3 is 2.83 bits per heavy atom. The molecule has 1 aliphatic carbocycles. The molecule has 0 spiro atoms. The molecule has 1 saturated carbocycles. The molecule has 2 aliphatic heterocycles. The van der Waals surface area contributed by atoms with Crippen LogP contribution in [0.3, 0.4) is 0 Å². The van der Waals surface area contributed by atoms with Crippen LogP contribution in [0.2, 0.25) is 0 Å². The Labute approximate surface area is 141 Å². The van der Waals surface area contributed by atoms with Crippen LogP contribution in [-0.2, 0) is 21.4 Å². The number of amides is 1. The molecular formula is C17H24N4O3. The third kappa shape index (κ3) is 2.98. The van der Waals surface area contributed by atoms with Gasteiger partial charge in [0, 0.05) is 38.8 Å². The predicted molar refractivity (Wildman–Crippen MR) is 87.6 cm³/mol. The van der Waals surface area contributed by atoms with Crippen molar-refractivity contribution in [2.75, 3.05) is 31.1 Å². The first-order chi connectivity index (χ1) is 11.6. The molecule has 7 nitrogen and oxygen atoms in total. The summed E-state index contributed by atoms with van der Waals surface area (Å²) >= 11 is 0. The topological polar surface area (TPSA) is 67.7 Å². The lowest BCUT2D eigenvalue weighted by atomic mass is 10.0. The van der Waals surface area contributed by atoms with Crippen molar-refractivity contribution in [2.24, 2.45) is 13.0 Å². The zero-order chi connectivity index (χ0) is 16.7. The lowest BCUT2D eigenvalue weighted by Gasteiger charge is -2.41. The highest BCUT2D eigenvalue weighted by atomic mass is 16.5. The molecule has 3 aliphatic rings. The van der Waals surface area contributed by atoms with Crippen LogP contribution < -0.4 is 4.90 Å². The van der Waals surface area contributed by atoms with Crippen molar-refractivity contribution in [3.63, 3.8) is 0 Å². The van der Waals surface area contributed by atoms with Crippen LogP contribution in [0.1, 0.15) is 25.7 Å². The Bertz CT molecular complexity index is 640. The average Bonchev–Trinajstić information content (AvgIpc) is 3.36. The monoisotopic (exact) mass is 332 g/mol. The fourth-order valence-corrected chi connectivity index (χ4v) is 3.75. The number of carbonyl (C=O) groups is 2. The van der Waals surface area contributed by atoms with Crippen LogP contribution in [0, 0.1) is 5.92 Å². The van der Waals surface area contributed by atoms with Gasteiger partial charge in [-0.2, -0.15) is 5.10 Å². The van der Waals surface area contributed by atoms with Gasteiger partial charge >= 0.3 is 0 Å². The number of piperidine rings is 1. The molecule has 1 aromatic heterocycles. The van der Waals surface area contributed by atoms with Gasteiger partial charge in [-0.05, 0) is 25.7 Å². The predicted octanol–water partition coefficient (Wildman–Crippen LogP) is 0.595. The van der Waals surface area contributed by atoms with Gasteiger partial charge in [0.05, 0.1) is 24.5 Å². The van der Waals surface area contributed by atoms with Crippen LogP contribution >= 0.6 is 0 Å². The Kier molecular flexibility index (Phi) is 4.14. The van der Waals surface area contributed by atoms with Crippen molar-refractivity contribution < 1.29 is 14.3 Å². The molecule has 3 heterocycles. The van der Waals surface area contributed by atoms with Crippen LogP contribution in [0.15, 0.2) is 12.4 Å². The number of anilines is 1. The maximum atomic E-state index is 13.0. The minimum atomic E-state index is -0.354. The number of morpholine rings is 1. The largest absolute Gasteiger partial charge is 0.368 e. The number of aryl methyl sites for hydroxylation is 1. The number of hydrogen-bond acceptors (Lipinski definition) is 5. The normalized spacial score (nSPS) is 29.0. The fraction of sp³-hybridized carbons (Fsp3) is 0.706. The van der Waals surface area contributed by atoms with E-state index in [4.69, 9.17) is 4.74 Å². The molecular weight excluding hydrogens is 308 g/mol. The van der Waals surface area contributed by atoms with Crippen molar-refractivity contribution in [1.29, 1.82) is 0 Å². The molecule has 2 atom stereocenters. The maximum Gasteiger partial charge on any atom is 0.244 e. The van der Waals surface area contributed by atoms with E-state index in [-0.39, 0.29) is 29.8 Å². The summed E-state index contributed by atoms with van der Waals surface area (Å²) < 4.78 is 7.40. The lowest BCUT2D eigenvalue weighted by Crippen LogP contribution is -2.58. The van der Waals surface area contributed by atoms with Crippen molar-refractivity contribution in [1.82, 2.24) is 14.7 Å². The highest BCUT2D eigenvalue weighted by Crippen LogP contribution is 2.33. The van der Waals surface area contributed by atoms with Crippen LogP contribution in [0.4, 0.5) is 5.69 Å². The first-order valence-corrected chi connectivity index (χ1v) is 8.83. The number of rotatable bonds is 4. The van der Waals surface area contributed by atoms with Crippen LogP contribution in [0.5, 0.6) is 0 Å². The van der Waals surface area contributed by atoms with Gasteiger partial charge in [-0.15, -0.1) is 0 Å². The van der Waals surface area contributed by atoms with E-state index in [1.54, 1.807) is 10.9 Å². The van der Waals surface area contributed by atoms with Gasteiger partial charge in [0.25, 0.3) is 0 Å². The van der Waals surface area contributed by atoms with Gasteiger partial charge in [0.2, 0.25) is 5.91 Å². The summed E-state index contributed by atoms with van der Waals surface area (Å²) in [6, 6.07) is -0.155. The third-order valence-corrected chi connectivity index (χ3v) is 5.25. The van der Waals surface area contributed by atoms with Crippen molar-refractivity contribution in [2.45, 2.75) is 37.8 Å². The number of carbonyl (C=O) groups excluding carboxylic acids is 2. The molecule has 0 aromatic carbocycles. The van der Waals surface area contributed by atoms with E-state index in [1.165, 1.54) is 0 Å². The van der Waals surface area contributed by atoms with E-state index < -0.39 is 0 Å². The number of nitrogens with zero attached hydrogens (tertiary/aromatic N) is 4. The SMILES string of the molecule is Cn1cc(N2CCC[C@@H](N3CCO[C@H](C(=O)C4CC4)C3)C2=O)cn1. The van der Waals surface area contributed by atoms with Crippen molar-refractivity contribution in [3.8, 4) is 0 Å². The average molecular weight is 332 g/mol. The van der Waals surface area contributed by atoms with Crippen LogP contribution in [0.25, 0.3) is 0 Å². The molecule has 0 radical (unpaired) electrons. The van der Waals surface area contributed by atoms with Gasteiger partial charge in [0.1, 0.15) is 6.10 Å². The van der Waals surface area contributed by atoms with E-state index in [9.17, 15) is 9.59 Å². The number of hydrogen-bond donors (Lipinski definition) is 0. The quantitative estimate of drug-likeness (QED) is 0.807. The van der Waals surface area contributed by atoms with Crippen molar-refractivity contribution in [3.05, 3.63) is 12.4 Å². The van der Waals surface area contributed by atoms with E-state index in [1.807, 2.05) is 18.1 Å². The zero-order valence-electron chi connectivity index (χ0n) is 14.1. The Balaban J connectivity index is 1.46. The highest BCUT2D eigenvalue weighted by molar-refractivity contribution is 5.97. The number of Topliss-reactive ketones (excluding diaryl/α,β-unsaturated/α-hetero) is 1. The first-order valence-electron chi connectivity index (χ1n) is 8.83. The third-order valence-electron chi connectivity index (χ3n) is 5.25. The number of ketones is 1. The molecule has 3 fully saturated rings. The van der Waals surface area contributed by atoms with Crippen molar-refractivity contribution >= 4 is 17.4 Å². The first kappa shape index (κ1) is 15.8. The molecule has 0 N–H and O–H groups in total. The Hall–Kier alpha value is -1.73. The molecule has 130 valence electrons. The molecule has 1 aromatic rings. The number of aromatic nitrogens is 2. The van der Waals surface area contributed by atoms with Gasteiger partial charge in [-0.3, -0.25) is 19.2 Å². The molecule has 2 saturated heterocycles. The summed E-state index contributed by atoms with van der Waals surface area (Å²) in [6.07, 6.45) is 7.06. The lowest BCUT2D eigenvalue weighted by molar-refractivity contribution is -0.142. The fourth-order valence-electron chi connectivity index (χ4n) is 3.75. The Morgan fingerprint density at radius 2 is 2.12 bits per heavy atom. The zero-order valence-corrected chi connectivity index (χ0v) is 14.1. The standard InChI is InChI=1S/C17H24N4O3/c1-19-10-13(9-18-19)21-6-2-3-14(17(21)23)20-7-8-24-15(11-20)16(22)12-4-5-12/h9-10,12,14-15H,2-8,11H2,1H3/t14-,15+/m1/s1. The smallest absolute Gasteiger partial charge is 0.244 e. The van der Waals surface area contributed by atoms with Gasteiger partial charge < -0.3 is 9.64 Å². The highest BCUT2D eigenvalue weighted by Gasteiger charge is 2.41. The molecule has 7 heteroatoms. The summed E-state index contributed by atoms with van der Waals surface area (Å²) in [4.78, 5) is 29.3. The van der Waals surface area contributed by atoms with Gasteiger partial charge in [0.15, 0.2) is 5.78 Å². The molecule has 1 amide bonds. The maximum absolute atomic E-state index is 13.0.